The summed E-state index contributed by atoms with van der Waals surface area (Å²) in [5.74, 6) is 0.299. The summed E-state index contributed by atoms with van der Waals surface area (Å²) < 4.78 is 83.7. The number of alkyl halides is 6. The molecule has 8 heteroatoms. The van der Waals surface area contributed by atoms with Gasteiger partial charge in [-0.25, -0.2) is 0 Å². The number of halogens is 6. The predicted octanol–water partition coefficient (Wildman–Crippen LogP) is 5.94. The van der Waals surface area contributed by atoms with Gasteiger partial charge in [0.15, 0.2) is 0 Å². The van der Waals surface area contributed by atoms with Crippen molar-refractivity contribution >= 4 is 0 Å². The molecule has 3 rings (SSSR count). The zero-order valence-electron chi connectivity index (χ0n) is 16.4. The Morgan fingerprint density at radius 1 is 0.967 bits per heavy atom. The van der Waals surface area contributed by atoms with Crippen LogP contribution >= 0.6 is 0 Å². The molecular weight excluding hydrogens is 408 g/mol. The van der Waals surface area contributed by atoms with E-state index in [4.69, 9.17) is 4.74 Å². The molecule has 1 heterocycles. The van der Waals surface area contributed by atoms with Crippen molar-refractivity contribution in [3.05, 3.63) is 70.3 Å². The van der Waals surface area contributed by atoms with Crippen LogP contribution in [0.15, 0.2) is 42.5 Å². The Morgan fingerprint density at radius 3 is 2.20 bits per heavy atom. The lowest BCUT2D eigenvalue weighted by atomic mass is 9.80. The predicted molar refractivity (Wildman–Crippen MR) is 101 cm³/mol. The summed E-state index contributed by atoms with van der Waals surface area (Å²) in [4.78, 5) is 0. The average molecular weight is 431 g/mol. The number of ether oxygens (including phenoxy) is 1. The zero-order chi connectivity index (χ0) is 21.9. The van der Waals surface area contributed by atoms with Crippen molar-refractivity contribution in [3.63, 3.8) is 0 Å². The van der Waals surface area contributed by atoms with E-state index >= 15 is 0 Å². The first-order valence-corrected chi connectivity index (χ1v) is 9.68. The molecular formula is C22H23F6NO. The van der Waals surface area contributed by atoms with Crippen molar-refractivity contribution in [2.24, 2.45) is 5.92 Å². The summed E-state index contributed by atoms with van der Waals surface area (Å²) in [6, 6.07) is 9.56. The van der Waals surface area contributed by atoms with Gasteiger partial charge >= 0.3 is 12.4 Å². The number of hydrogen-bond donors (Lipinski definition) is 1. The quantitative estimate of drug-likeness (QED) is 0.592. The van der Waals surface area contributed by atoms with Crippen LogP contribution in [0.2, 0.25) is 0 Å². The molecule has 164 valence electrons. The lowest BCUT2D eigenvalue weighted by molar-refractivity contribution is -0.143. The first kappa shape index (κ1) is 22.6. The maximum atomic E-state index is 13.0. The molecule has 2 aromatic carbocycles. The van der Waals surface area contributed by atoms with E-state index in [2.05, 4.69) is 11.4 Å². The van der Waals surface area contributed by atoms with Gasteiger partial charge in [0, 0.05) is 12.5 Å². The van der Waals surface area contributed by atoms with E-state index < -0.39 is 23.5 Å². The second kappa shape index (κ2) is 8.98. The Morgan fingerprint density at radius 2 is 1.60 bits per heavy atom. The molecule has 2 aromatic rings. The Kier molecular flexibility index (Phi) is 6.77. The normalized spacial score (nSPS) is 20.4. The summed E-state index contributed by atoms with van der Waals surface area (Å²) in [6.07, 6.45) is -8.83. The second-order valence-corrected chi connectivity index (χ2v) is 7.65. The van der Waals surface area contributed by atoms with Crippen molar-refractivity contribution in [1.29, 1.82) is 0 Å². The molecule has 0 radical (unpaired) electrons. The van der Waals surface area contributed by atoms with Crippen LogP contribution in [0.4, 0.5) is 26.3 Å². The van der Waals surface area contributed by atoms with Gasteiger partial charge in [0.1, 0.15) is 0 Å². The van der Waals surface area contributed by atoms with Gasteiger partial charge in [0.05, 0.1) is 24.3 Å². The highest BCUT2D eigenvalue weighted by Gasteiger charge is 2.37. The van der Waals surface area contributed by atoms with Gasteiger partial charge in [-0.05, 0) is 60.7 Å². The van der Waals surface area contributed by atoms with E-state index in [1.165, 1.54) is 5.56 Å². The number of benzene rings is 2. The molecule has 0 unspecified atom stereocenters. The summed E-state index contributed by atoms with van der Waals surface area (Å²) in [5.41, 5.74) is -0.442. The largest absolute Gasteiger partial charge is 0.416 e. The van der Waals surface area contributed by atoms with Crippen LogP contribution in [0.3, 0.4) is 0 Å². The molecule has 1 saturated heterocycles. The van der Waals surface area contributed by atoms with E-state index in [1.54, 1.807) is 0 Å². The molecule has 1 N–H and O–H groups in total. The fraction of sp³-hybridized carbons (Fsp3) is 0.455. The van der Waals surface area contributed by atoms with E-state index in [0.717, 1.165) is 18.5 Å². The molecule has 0 aliphatic carbocycles. The highest BCUT2D eigenvalue weighted by atomic mass is 19.4. The number of nitrogens with one attached hydrogen (secondary N) is 1. The van der Waals surface area contributed by atoms with Crippen molar-refractivity contribution in [2.75, 3.05) is 19.7 Å². The summed E-state index contributed by atoms with van der Waals surface area (Å²) in [6.45, 7) is 3.47. The lowest BCUT2D eigenvalue weighted by Crippen LogP contribution is -2.38. The maximum Gasteiger partial charge on any atom is 0.416 e. The second-order valence-electron chi connectivity index (χ2n) is 7.65. The van der Waals surface area contributed by atoms with Crippen LogP contribution < -0.4 is 5.32 Å². The monoisotopic (exact) mass is 431 g/mol. The van der Waals surface area contributed by atoms with E-state index in [9.17, 15) is 26.3 Å². The van der Waals surface area contributed by atoms with E-state index in [0.29, 0.717) is 18.7 Å². The molecule has 30 heavy (non-hydrogen) atoms. The van der Waals surface area contributed by atoms with Gasteiger partial charge in [0.2, 0.25) is 0 Å². The smallest absolute Gasteiger partial charge is 0.376 e. The minimum atomic E-state index is -4.86. The molecule has 1 aliphatic heterocycles. The van der Waals surface area contributed by atoms with Crippen LogP contribution in [0.25, 0.3) is 0 Å². The highest BCUT2D eigenvalue weighted by Crippen LogP contribution is 2.37. The van der Waals surface area contributed by atoms with Crippen LogP contribution in [-0.2, 0) is 23.7 Å². The fourth-order valence-corrected chi connectivity index (χ4v) is 3.94. The van der Waals surface area contributed by atoms with Crippen LogP contribution in [0.5, 0.6) is 0 Å². The molecule has 2 atom stereocenters. The van der Waals surface area contributed by atoms with Gasteiger partial charge in [-0.15, -0.1) is 0 Å². The third kappa shape index (κ3) is 5.55. The van der Waals surface area contributed by atoms with E-state index in [1.807, 2.05) is 25.1 Å². The van der Waals surface area contributed by atoms with Gasteiger partial charge in [0.25, 0.3) is 0 Å². The van der Waals surface area contributed by atoms with Crippen LogP contribution in [-0.4, -0.2) is 19.7 Å². The maximum absolute atomic E-state index is 13.0. The third-order valence-electron chi connectivity index (χ3n) is 5.44. The molecule has 0 amide bonds. The molecule has 0 bridgehead atoms. The first-order valence-electron chi connectivity index (χ1n) is 9.68. The number of rotatable bonds is 5. The first-order chi connectivity index (χ1) is 14.1. The van der Waals surface area contributed by atoms with Gasteiger partial charge in [-0.3, -0.25) is 0 Å². The number of piperidine rings is 1. The molecule has 1 fully saturated rings. The number of aryl methyl sites for hydroxylation is 1. The highest BCUT2D eigenvalue weighted by molar-refractivity contribution is 5.33. The van der Waals surface area contributed by atoms with E-state index in [-0.39, 0.29) is 36.7 Å². The molecule has 2 nitrogen and oxygen atoms in total. The van der Waals surface area contributed by atoms with Gasteiger partial charge in [-0.1, -0.05) is 24.3 Å². The van der Waals surface area contributed by atoms with Crippen molar-refractivity contribution < 1.29 is 31.1 Å². The van der Waals surface area contributed by atoms with Crippen molar-refractivity contribution in [2.45, 2.75) is 38.2 Å². The summed E-state index contributed by atoms with van der Waals surface area (Å²) >= 11 is 0. The lowest BCUT2D eigenvalue weighted by Gasteiger charge is -2.33. The molecule has 0 saturated carbocycles. The topological polar surface area (TPSA) is 21.3 Å². The third-order valence-corrected chi connectivity index (χ3v) is 5.44. The number of hydrogen-bond acceptors (Lipinski definition) is 2. The Bertz CT molecular complexity index is 829. The minimum Gasteiger partial charge on any atom is -0.376 e. The Hall–Kier alpha value is -2.06. The Labute approximate surface area is 171 Å². The summed E-state index contributed by atoms with van der Waals surface area (Å²) in [7, 11) is 0. The zero-order valence-corrected chi connectivity index (χ0v) is 16.4. The van der Waals surface area contributed by atoms with Crippen LogP contribution in [0, 0.1) is 12.8 Å². The molecule has 1 aliphatic rings. The summed E-state index contributed by atoms with van der Waals surface area (Å²) in [5, 5.41) is 3.28. The van der Waals surface area contributed by atoms with Gasteiger partial charge < -0.3 is 10.1 Å². The molecule has 0 spiro atoms. The van der Waals surface area contributed by atoms with Crippen molar-refractivity contribution in [1.82, 2.24) is 5.32 Å². The van der Waals surface area contributed by atoms with Crippen molar-refractivity contribution in [3.8, 4) is 0 Å². The standard InChI is InChI=1S/C22H23F6NO/c1-14-4-2-3-5-19(14)20-6-7-29-11-16(20)13-30-12-15-8-17(21(23,24)25)10-18(9-15)22(26,27)28/h2-5,8-10,16,20,29H,6-7,11-13H2,1H3/t16-,20+/m1/s1. The molecule has 0 aromatic heterocycles. The SMILES string of the molecule is Cc1ccccc1[C@H]1CCNC[C@@H]1COCc1cc(C(F)(F)F)cc(C(F)(F)F)c1. The fourth-order valence-electron chi connectivity index (χ4n) is 3.94. The van der Waals surface area contributed by atoms with Crippen LogP contribution in [0.1, 0.15) is 40.2 Å². The van der Waals surface area contributed by atoms with Gasteiger partial charge in [-0.2, -0.15) is 26.3 Å². The minimum absolute atomic E-state index is 0.0766. The Balaban J connectivity index is 1.72. The average Bonchev–Trinajstić information content (AvgIpc) is 2.67.